The minimum atomic E-state index is 0.000838. The molecule has 0 aliphatic rings. The molecule has 7 heteroatoms. The number of fused-ring (bicyclic) bond motifs is 3. The van der Waals surface area contributed by atoms with Gasteiger partial charge in [-0.05, 0) is 34.7 Å². The average Bonchev–Trinajstić information content (AvgIpc) is 3.43. The SMILES string of the molecule is C=Cc1ccc(CSc2nc3c(sc4ncccc43)c(=O)n2Cc2cccs2)cc1. The predicted molar refractivity (Wildman–Crippen MR) is 129 cm³/mol. The van der Waals surface area contributed by atoms with E-state index in [1.807, 2.05) is 29.7 Å². The number of nitrogens with zero attached hydrogens (tertiary/aromatic N) is 3. The topological polar surface area (TPSA) is 47.8 Å². The quantitative estimate of drug-likeness (QED) is 0.235. The van der Waals surface area contributed by atoms with Gasteiger partial charge in [0, 0.05) is 22.2 Å². The Morgan fingerprint density at radius 2 is 2.00 bits per heavy atom. The smallest absolute Gasteiger partial charge is 0.272 e. The number of hydrogen-bond acceptors (Lipinski definition) is 6. The van der Waals surface area contributed by atoms with Gasteiger partial charge in [0.05, 0.1) is 12.1 Å². The monoisotopic (exact) mass is 447 g/mol. The summed E-state index contributed by atoms with van der Waals surface area (Å²) < 4.78 is 2.46. The van der Waals surface area contributed by atoms with Crippen molar-refractivity contribution < 1.29 is 0 Å². The molecule has 0 aliphatic carbocycles. The standard InChI is InChI=1S/C23H17N3OS3/c1-2-15-7-9-16(10-8-15)14-29-23-25-19-18-6-3-11-24-21(18)30-20(19)22(27)26(23)13-17-5-4-12-28-17/h2-12H,1,13-14H2. The number of thiophene rings is 2. The Balaban J connectivity index is 1.60. The van der Waals surface area contributed by atoms with Gasteiger partial charge in [-0.1, -0.05) is 54.7 Å². The molecule has 0 atom stereocenters. The summed E-state index contributed by atoms with van der Waals surface area (Å²) in [4.78, 5) is 24.8. The molecule has 5 rings (SSSR count). The summed E-state index contributed by atoms with van der Waals surface area (Å²) in [5.74, 6) is 0.736. The van der Waals surface area contributed by atoms with Crippen LogP contribution in [-0.2, 0) is 12.3 Å². The first-order valence-electron chi connectivity index (χ1n) is 9.37. The van der Waals surface area contributed by atoms with Crippen LogP contribution in [0.5, 0.6) is 0 Å². The zero-order valence-electron chi connectivity index (χ0n) is 15.9. The van der Waals surface area contributed by atoms with Gasteiger partial charge in [0.2, 0.25) is 0 Å². The molecule has 0 spiro atoms. The second-order valence-electron chi connectivity index (χ2n) is 6.74. The van der Waals surface area contributed by atoms with E-state index in [0.717, 1.165) is 37.1 Å². The van der Waals surface area contributed by atoms with Gasteiger partial charge >= 0.3 is 0 Å². The van der Waals surface area contributed by atoms with Crippen LogP contribution in [0.15, 0.2) is 76.6 Å². The van der Waals surface area contributed by atoms with E-state index in [0.29, 0.717) is 11.2 Å². The lowest BCUT2D eigenvalue weighted by atomic mass is 10.1. The van der Waals surface area contributed by atoms with Gasteiger partial charge in [-0.3, -0.25) is 9.36 Å². The van der Waals surface area contributed by atoms with Crippen LogP contribution in [0.1, 0.15) is 16.0 Å². The number of pyridine rings is 1. The first-order valence-corrected chi connectivity index (χ1v) is 12.1. The zero-order valence-corrected chi connectivity index (χ0v) is 18.4. The van der Waals surface area contributed by atoms with Crippen molar-refractivity contribution in [2.75, 3.05) is 0 Å². The van der Waals surface area contributed by atoms with Crippen LogP contribution in [0.2, 0.25) is 0 Å². The summed E-state index contributed by atoms with van der Waals surface area (Å²) in [5.41, 5.74) is 3.02. The van der Waals surface area contributed by atoms with Gasteiger partial charge in [-0.15, -0.1) is 22.7 Å². The Morgan fingerprint density at radius 3 is 2.77 bits per heavy atom. The van der Waals surface area contributed by atoms with Crippen molar-refractivity contribution >= 4 is 60.9 Å². The molecule has 1 aromatic carbocycles. The summed E-state index contributed by atoms with van der Waals surface area (Å²) in [6.07, 6.45) is 3.59. The normalized spacial score (nSPS) is 11.3. The molecular weight excluding hydrogens is 430 g/mol. The van der Waals surface area contributed by atoms with Crippen LogP contribution < -0.4 is 5.56 Å². The van der Waals surface area contributed by atoms with Crippen molar-refractivity contribution in [1.29, 1.82) is 0 Å². The van der Waals surface area contributed by atoms with Crippen molar-refractivity contribution in [3.63, 3.8) is 0 Å². The lowest BCUT2D eigenvalue weighted by Crippen LogP contribution is -2.22. The lowest BCUT2D eigenvalue weighted by molar-refractivity contribution is 0.666. The number of benzene rings is 1. The fourth-order valence-corrected chi connectivity index (χ4v) is 5.92. The zero-order chi connectivity index (χ0) is 20.5. The predicted octanol–water partition coefficient (Wildman–Crippen LogP) is 6.05. The maximum absolute atomic E-state index is 13.4. The van der Waals surface area contributed by atoms with E-state index in [9.17, 15) is 4.79 Å². The number of rotatable bonds is 6. The van der Waals surface area contributed by atoms with Crippen LogP contribution in [-0.4, -0.2) is 14.5 Å². The molecule has 4 heterocycles. The molecule has 0 radical (unpaired) electrons. The third-order valence-corrected chi connectivity index (χ3v) is 7.79. The van der Waals surface area contributed by atoms with E-state index in [1.54, 1.807) is 33.9 Å². The average molecular weight is 448 g/mol. The molecule has 4 aromatic heterocycles. The van der Waals surface area contributed by atoms with Gasteiger partial charge in [0.25, 0.3) is 5.56 Å². The number of hydrogen-bond donors (Lipinski definition) is 0. The second kappa shape index (κ2) is 8.18. The molecule has 0 amide bonds. The van der Waals surface area contributed by atoms with Crippen LogP contribution in [0.25, 0.3) is 26.5 Å². The van der Waals surface area contributed by atoms with Crippen molar-refractivity contribution in [2.24, 2.45) is 0 Å². The highest BCUT2D eigenvalue weighted by Gasteiger charge is 2.17. The molecular formula is C23H17N3OS3. The maximum atomic E-state index is 13.4. The Kier molecular flexibility index (Phi) is 5.25. The third-order valence-electron chi connectivity index (χ3n) is 4.80. The summed E-state index contributed by atoms with van der Waals surface area (Å²) in [5, 5.41) is 3.70. The van der Waals surface area contributed by atoms with Crippen LogP contribution in [0.3, 0.4) is 0 Å². The molecule has 0 bridgehead atoms. The molecule has 0 unspecified atom stereocenters. The molecule has 0 N–H and O–H groups in total. The first kappa shape index (κ1) is 19.2. The van der Waals surface area contributed by atoms with E-state index in [-0.39, 0.29) is 5.56 Å². The van der Waals surface area contributed by atoms with Crippen LogP contribution >= 0.6 is 34.4 Å². The van der Waals surface area contributed by atoms with Gasteiger partial charge in [0.1, 0.15) is 9.53 Å². The van der Waals surface area contributed by atoms with E-state index < -0.39 is 0 Å². The van der Waals surface area contributed by atoms with Crippen molar-refractivity contribution in [1.82, 2.24) is 14.5 Å². The van der Waals surface area contributed by atoms with Crippen LogP contribution in [0.4, 0.5) is 0 Å². The third kappa shape index (κ3) is 3.60. The van der Waals surface area contributed by atoms with Crippen LogP contribution in [0, 0.1) is 0 Å². The Morgan fingerprint density at radius 1 is 1.13 bits per heavy atom. The fraction of sp³-hybridized carbons (Fsp3) is 0.0870. The van der Waals surface area contributed by atoms with E-state index in [4.69, 9.17) is 4.98 Å². The van der Waals surface area contributed by atoms with Crippen molar-refractivity contribution in [3.05, 3.63) is 93.0 Å². The summed E-state index contributed by atoms with van der Waals surface area (Å²) in [6, 6.07) is 16.2. The Bertz CT molecular complexity index is 1400. The second-order valence-corrected chi connectivity index (χ2v) is 9.71. The molecule has 148 valence electrons. The van der Waals surface area contributed by atoms with E-state index >= 15 is 0 Å². The summed E-state index contributed by atoms with van der Waals surface area (Å²) in [6.45, 7) is 4.33. The summed E-state index contributed by atoms with van der Waals surface area (Å²) in [7, 11) is 0. The molecule has 0 saturated heterocycles. The molecule has 0 fully saturated rings. The Hall–Kier alpha value is -2.74. The van der Waals surface area contributed by atoms with Gasteiger partial charge in [-0.25, -0.2) is 9.97 Å². The molecule has 5 aromatic rings. The van der Waals surface area contributed by atoms with Crippen molar-refractivity contribution in [2.45, 2.75) is 17.5 Å². The molecule has 0 aliphatic heterocycles. The fourth-order valence-electron chi connectivity index (χ4n) is 3.25. The van der Waals surface area contributed by atoms with Crippen molar-refractivity contribution in [3.8, 4) is 0 Å². The number of aromatic nitrogens is 3. The largest absolute Gasteiger partial charge is 0.281 e. The molecule has 0 saturated carbocycles. The van der Waals surface area contributed by atoms with Gasteiger partial charge < -0.3 is 0 Å². The highest BCUT2D eigenvalue weighted by molar-refractivity contribution is 7.98. The minimum absolute atomic E-state index is 0.000838. The minimum Gasteiger partial charge on any atom is -0.281 e. The molecule has 30 heavy (non-hydrogen) atoms. The Labute approximate surface area is 185 Å². The lowest BCUT2D eigenvalue weighted by Gasteiger charge is -2.11. The number of thioether (sulfide) groups is 1. The van der Waals surface area contributed by atoms with Gasteiger partial charge in [0.15, 0.2) is 5.16 Å². The van der Waals surface area contributed by atoms with E-state index in [1.165, 1.54) is 16.9 Å². The maximum Gasteiger partial charge on any atom is 0.272 e. The first-order chi connectivity index (χ1) is 14.7. The highest BCUT2D eigenvalue weighted by atomic mass is 32.2. The van der Waals surface area contributed by atoms with E-state index in [2.05, 4.69) is 41.9 Å². The molecule has 4 nitrogen and oxygen atoms in total. The summed E-state index contributed by atoms with van der Waals surface area (Å²) >= 11 is 4.66. The highest BCUT2D eigenvalue weighted by Crippen LogP contribution is 2.31. The van der Waals surface area contributed by atoms with Gasteiger partial charge in [-0.2, -0.15) is 0 Å².